The Labute approximate surface area is 131 Å². The summed E-state index contributed by atoms with van der Waals surface area (Å²) in [6, 6.07) is 17.0. The molecule has 4 aromatic rings. The van der Waals surface area contributed by atoms with Crippen LogP contribution in [0.1, 0.15) is 11.8 Å². The number of hydrogen-bond acceptors (Lipinski definition) is 5. The fourth-order valence-electron chi connectivity index (χ4n) is 2.57. The number of benzene rings is 2. The Bertz CT molecular complexity index is 982. The summed E-state index contributed by atoms with van der Waals surface area (Å²) < 4.78 is 1.64. The van der Waals surface area contributed by atoms with E-state index in [0.717, 1.165) is 16.7 Å². The molecule has 0 amide bonds. The Morgan fingerprint density at radius 2 is 1.57 bits per heavy atom. The Balaban J connectivity index is 2.08. The normalized spacial score (nSPS) is 12.8. The highest BCUT2D eigenvalue weighted by atomic mass is 16.3. The molecule has 2 aromatic carbocycles. The van der Waals surface area contributed by atoms with Crippen molar-refractivity contribution >= 4 is 22.2 Å². The smallest absolute Gasteiger partial charge is 0.182 e. The predicted octanol–water partition coefficient (Wildman–Crippen LogP) is 1.99. The molecule has 1 unspecified atom stereocenters. The Hall–Kier alpha value is -2.83. The van der Waals surface area contributed by atoms with Gasteiger partial charge in [0.15, 0.2) is 5.65 Å². The highest BCUT2D eigenvalue weighted by Gasteiger charge is 2.21. The molecule has 0 aliphatic rings. The van der Waals surface area contributed by atoms with E-state index in [9.17, 15) is 10.2 Å². The lowest BCUT2D eigenvalue weighted by atomic mass is 10.2. The number of hydrogen-bond donors (Lipinski definition) is 2. The lowest BCUT2D eigenvalue weighted by Gasteiger charge is -2.02. The molecular weight excluding hydrogens is 292 g/mol. The van der Waals surface area contributed by atoms with Crippen LogP contribution in [0.15, 0.2) is 54.6 Å². The molecule has 0 radical (unpaired) electrons. The van der Waals surface area contributed by atoms with Crippen LogP contribution in [0.4, 0.5) is 0 Å². The van der Waals surface area contributed by atoms with Gasteiger partial charge in [-0.1, -0.05) is 30.3 Å². The van der Waals surface area contributed by atoms with Gasteiger partial charge >= 0.3 is 0 Å². The lowest BCUT2D eigenvalue weighted by Crippen LogP contribution is -2.05. The first-order chi connectivity index (χ1) is 11.3. The predicted molar refractivity (Wildman–Crippen MR) is 86.2 cm³/mol. The summed E-state index contributed by atoms with van der Waals surface area (Å²) >= 11 is 0. The number of aliphatic hydroxyl groups excluding tert-OH is 2. The third-order valence-corrected chi connectivity index (χ3v) is 3.69. The van der Waals surface area contributed by atoms with Crippen molar-refractivity contribution in [1.29, 1.82) is 0 Å². The zero-order valence-electron chi connectivity index (χ0n) is 12.2. The topological polar surface area (TPSA) is 84.1 Å². The molecule has 0 saturated carbocycles. The van der Waals surface area contributed by atoms with Crippen LogP contribution in [-0.2, 0) is 0 Å². The number of nitrogens with zero attached hydrogens (tertiary/aromatic N) is 4. The molecule has 0 bridgehead atoms. The van der Waals surface area contributed by atoms with Gasteiger partial charge in [-0.15, -0.1) is 0 Å². The van der Waals surface area contributed by atoms with Crippen molar-refractivity contribution in [2.45, 2.75) is 6.10 Å². The second-order valence-electron chi connectivity index (χ2n) is 5.22. The van der Waals surface area contributed by atoms with Crippen molar-refractivity contribution in [2.24, 2.45) is 0 Å². The Morgan fingerprint density at radius 1 is 0.913 bits per heavy atom. The van der Waals surface area contributed by atoms with Crippen molar-refractivity contribution in [1.82, 2.24) is 19.7 Å². The van der Waals surface area contributed by atoms with Gasteiger partial charge in [-0.25, -0.2) is 14.6 Å². The molecule has 0 aliphatic carbocycles. The fourth-order valence-corrected chi connectivity index (χ4v) is 2.57. The van der Waals surface area contributed by atoms with E-state index in [1.807, 2.05) is 54.6 Å². The minimum atomic E-state index is -1.10. The SMILES string of the molecule is OCC(O)c1nn(-c2ccccc2)c2nc3ccccc3nc12. The summed E-state index contributed by atoms with van der Waals surface area (Å²) in [5.41, 5.74) is 3.66. The van der Waals surface area contributed by atoms with Gasteiger partial charge in [0, 0.05) is 0 Å². The molecule has 6 nitrogen and oxygen atoms in total. The van der Waals surface area contributed by atoms with Crippen molar-refractivity contribution in [3.63, 3.8) is 0 Å². The van der Waals surface area contributed by atoms with Crippen LogP contribution in [0.25, 0.3) is 27.9 Å². The van der Waals surface area contributed by atoms with E-state index >= 15 is 0 Å². The van der Waals surface area contributed by atoms with E-state index in [4.69, 9.17) is 0 Å². The third kappa shape index (κ3) is 2.25. The molecule has 0 saturated heterocycles. The number of fused-ring (bicyclic) bond motifs is 2. The second-order valence-corrected chi connectivity index (χ2v) is 5.22. The van der Waals surface area contributed by atoms with Crippen molar-refractivity contribution in [2.75, 3.05) is 6.61 Å². The summed E-state index contributed by atoms with van der Waals surface area (Å²) in [6.07, 6.45) is -1.10. The molecule has 2 N–H and O–H groups in total. The van der Waals surface area contributed by atoms with Crippen LogP contribution >= 0.6 is 0 Å². The van der Waals surface area contributed by atoms with Gasteiger partial charge in [0.1, 0.15) is 17.3 Å². The number of aromatic nitrogens is 4. The highest BCUT2D eigenvalue weighted by molar-refractivity contribution is 5.86. The molecule has 4 rings (SSSR count). The third-order valence-electron chi connectivity index (χ3n) is 3.69. The van der Waals surface area contributed by atoms with E-state index in [-0.39, 0.29) is 0 Å². The van der Waals surface area contributed by atoms with Crippen LogP contribution in [-0.4, -0.2) is 36.6 Å². The van der Waals surface area contributed by atoms with E-state index in [2.05, 4.69) is 15.1 Å². The summed E-state index contributed by atoms with van der Waals surface area (Å²) in [6.45, 7) is -0.421. The minimum Gasteiger partial charge on any atom is -0.393 e. The van der Waals surface area contributed by atoms with Gasteiger partial charge in [-0.2, -0.15) is 5.10 Å². The quantitative estimate of drug-likeness (QED) is 0.605. The van der Waals surface area contributed by atoms with Crippen LogP contribution in [0.5, 0.6) is 0 Å². The van der Waals surface area contributed by atoms with Crippen molar-refractivity contribution < 1.29 is 10.2 Å². The monoisotopic (exact) mass is 306 g/mol. The lowest BCUT2D eigenvalue weighted by molar-refractivity contribution is 0.0928. The van der Waals surface area contributed by atoms with E-state index in [0.29, 0.717) is 16.9 Å². The Kier molecular flexibility index (Phi) is 3.25. The largest absolute Gasteiger partial charge is 0.393 e. The van der Waals surface area contributed by atoms with Crippen LogP contribution in [0, 0.1) is 0 Å². The zero-order chi connectivity index (χ0) is 15.8. The van der Waals surface area contributed by atoms with Gasteiger partial charge in [-0.3, -0.25) is 0 Å². The van der Waals surface area contributed by atoms with Gasteiger partial charge in [0.2, 0.25) is 0 Å². The molecule has 2 aromatic heterocycles. The maximum Gasteiger partial charge on any atom is 0.182 e. The van der Waals surface area contributed by atoms with Gasteiger partial charge in [0.25, 0.3) is 0 Å². The summed E-state index contributed by atoms with van der Waals surface area (Å²) in [5.74, 6) is 0. The maximum absolute atomic E-state index is 10.1. The van der Waals surface area contributed by atoms with Gasteiger partial charge in [-0.05, 0) is 24.3 Å². The first-order valence-corrected chi connectivity index (χ1v) is 7.27. The average molecular weight is 306 g/mol. The standard InChI is InChI=1S/C17H14N4O2/c22-10-14(23)15-16-17(19-13-9-5-4-8-12(13)18-16)21(20-15)11-6-2-1-3-7-11/h1-9,14,22-23H,10H2. The molecular formula is C17H14N4O2. The summed E-state index contributed by atoms with van der Waals surface area (Å²) in [7, 11) is 0. The van der Waals surface area contributed by atoms with Crippen LogP contribution in [0.2, 0.25) is 0 Å². The van der Waals surface area contributed by atoms with E-state index < -0.39 is 12.7 Å². The fraction of sp³-hybridized carbons (Fsp3) is 0.118. The maximum atomic E-state index is 10.1. The second kappa shape index (κ2) is 5.42. The number of para-hydroxylation sites is 3. The zero-order valence-corrected chi connectivity index (χ0v) is 12.2. The van der Waals surface area contributed by atoms with Crippen LogP contribution in [0.3, 0.4) is 0 Å². The number of aliphatic hydroxyl groups is 2. The molecule has 6 heteroatoms. The molecule has 1 atom stereocenters. The first-order valence-electron chi connectivity index (χ1n) is 7.27. The molecule has 0 spiro atoms. The van der Waals surface area contributed by atoms with E-state index in [1.54, 1.807) is 4.68 Å². The van der Waals surface area contributed by atoms with E-state index in [1.165, 1.54) is 0 Å². The molecule has 114 valence electrons. The molecule has 0 aliphatic heterocycles. The molecule has 0 fully saturated rings. The summed E-state index contributed by atoms with van der Waals surface area (Å²) in [4.78, 5) is 9.21. The minimum absolute atomic E-state index is 0.324. The van der Waals surface area contributed by atoms with Crippen molar-refractivity contribution in [3.8, 4) is 5.69 Å². The van der Waals surface area contributed by atoms with Gasteiger partial charge in [0.05, 0.1) is 23.3 Å². The molecule has 23 heavy (non-hydrogen) atoms. The molecule has 2 heterocycles. The van der Waals surface area contributed by atoms with Gasteiger partial charge < -0.3 is 10.2 Å². The van der Waals surface area contributed by atoms with Crippen LogP contribution < -0.4 is 0 Å². The first kappa shape index (κ1) is 13.8. The highest BCUT2D eigenvalue weighted by Crippen LogP contribution is 2.25. The van der Waals surface area contributed by atoms with Crippen molar-refractivity contribution in [3.05, 3.63) is 60.3 Å². The summed E-state index contributed by atoms with van der Waals surface area (Å²) in [5, 5.41) is 23.8. The number of rotatable bonds is 3. The Morgan fingerprint density at radius 3 is 2.26 bits per heavy atom. The average Bonchev–Trinajstić information content (AvgIpc) is 2.98.